The van der Waals surface area contributed by atoms with Crippen LogP contribution in [0, 0.1) is 11.6 Å². The predicted molar refractivity (Wildman–Crippen MR) is 105 cm³/mol. The molecule has 0 aromatic heterocycles. The Bertz CT molecular complexity index is 1160. The molecule has 3 aromatic carbocycles. The van der Waals surface area contributed by atoms with Gasteiger partial charge in [-0.15, -0.1) is 0 Å². The number of hydrogen-bond donors (Lipinski definition) is 2. The molecule has 1 saturated heterocycles. The first-order chi connectivity index (χ1) is 13.9. The molecule has 5 nitrogen and oxygen atoms in total. The molecule has 8 heteroatoms. The van der Waals surface area contributed by atoms with Crippen molar-refractivity contribution < 1.29 is 27.2 Å². The molecule has 3 aromatic rings. The van der Waals surface area contributed by atoms with E-state index in [-0.39, 0.29) is 18.8 Å². The van der Waals surface area contributed by atoms with Gasteiger partial charge in [-0.25, -0.2) is 17.2 Å². The van der Waals surface area contributed by atoms with Gasteiger partial charge in [-0.2, -0.15) is 4.31 Å². The van der Waals surface area contributed by atoms with Gasteiger partial charge in [0.15, 0.2) is 0 Å². The van der Waals surface area contributed by atoms with Gasteiger partial charge >= 0.3 is 0 Å². The zero-order valence-electron chi connectivity index (χ0n) is 15.6. The van der Waals surface area contributed by atoms with E-state index in [1.165, 1.54) is 4.31 Å². The van der Waals surface area contributed by atoms with Crippen LogP contribution >= 0.6 is 0 Å². The van der Waals surface area contributed by atoms with Gasteiger partial charge < -0.3 is 10.0 Å². The van der Waals surface area contributed by atoms with Crippen LogP contribution in [-0.4, -0.2) is 44.0 Å². The fourth-order valence-corrected chi connectivity index (χ4v) is 5.29. The monoisotopic (exact) mass is 419 g/mol. The molecule has 4 rings (SSSR count). The second-order valence-electron chi connectivity index (χ2n) is 7.19. The van der Waals surface area contributed by atoms with E-state index in [1.807, 2.05) is 30.3 Å². The minimum Gasteiger partial charge on any atom is -0.507 e. The lowest BCUT2D eigenvalue weighted by Crippen LogP contribution is -3.13. The zero-order valence-corrected chi connectivity index (χ0v) is 16.4. The van der Waals surface area contributed by atoms with Crippen LogP contribution < -0.4 is 4.90 Å². The Labute approximate surface area is 167 Å². The van der Waals surface area contributed by atoms with Crippen molar-refractivity contribution in [3.63, 3.8) is 0 Å². The zero-order chi connectivity index (χ0) is 20.6. The Hall–Kier alpha value is -2.55. The van der Waals surface area contributed by atoms with Crippen LogP contribution in [0.4, 0.5) is 8.78 Å². The van der Waals surface area contributed by atoms with E-state index < -0.39 is 26.6 Å². The summed E-state index contributed by atoms with van der Waals surface area (Å²) in [5, 5.41) is 12.3. The number of aromatic hydroxyl groups is 1. The molecule has 29 heavy (non-hydrogen) atoms. The Balaban J connectivity index is 1.50. The Morgan fingerprint density at radius 3 is 2.45 bits per heavy atom. The number of piperazine rings is 1. The predicted octanol–water partition coefficient (Wildman–Crippen LogP) is 1.91. The van der Waals surface area contributed by atoms with E-state index in [4.69, 9.17) is 0 Å². The average molecular weight is 419 g/mol. The molecule has 2 N–H and O–H groups in total. The van der Waals surface area contributed by atoms with Crippen molar-refractivity contribution in [1.82, 2.24) is 4.31 Å². The number of phenolic OH excluding ortho intramolecular Hbond substituents is 1. The molecule has 0 aliphatic carbocycles. The summed E-state index contributed by atoms with van der Waals surface area (Å²) in [6.45, 7) is 2.04. The third-order valence-corrected chi connectivity index (χ3v) is 7.32. The lowest BCUT2D eigenvalue weighted by atomic mass is 10.0. The summed E-state index contributed by atoms with van der Waals surface area (Å²) in [6, 6.07) is 13.8. The van der Waals surface area contributed by atoms with Crippen molar-refractivity contribution in [2.45, 2.75) is 11.4 Å². The maximum atomic E-state index is 14.0. The summed E-state index contributed by atoms with van der Waals surface area (Å²) in [4.78, 5) is 0.622. The number of phenols is 1. The third kappa shape index (κ3) is 3.83. The van der Waals surface area contributed by atoms with Crippen LogP contribution in [0.1, 0.15) is 5.56 Å². The molecule has 1 heterocycles. The molecular formula is C21H21F2N2O3S+. The second-order valence-corrected chi connectivity index (χ2v) is 9.10. The number of benzene rings is 3. The number of hydrogen-bond acceptors (Lipinski definition) is 3. The fourth-order valence-electron chi connectivity index (χ4n) is 3.80. The summed E-state index contributed by atoms with van der Waals surface area (Å²) < 4.78 is 53.8. The molecule has 1 aliphatic rings. The Morgan fingerprint density at radius 1 is 1.00 bits per heavy atom. The van der Waals surface area contributed by atoms with Gasteiger partial charge in [0.2, 0.25) is 10.0 Å². The second kappa shape index (κ2) is 7.70. The molecule has 0 saturated carbocycles. The van der Waals surface area contributed by atoms with Gasteiger partial charge in [0.25, 0.3) is 0 Å². The number of fused-ring (bicyclic) bond motifs is 1. The molecule has 0 spiro atoms. The number of sulfonamides is 1. The van der Waals surface area contributed by atoms with Crippen molar-refractivity contribution in [1.29, 1.82) is 0 Å². The van der Waals surface area contributed by atoms with Gasteiger partial charge in [0.05, 0.1) is 31.7 Å². The largest absolute Gasteiger partial charge is 0.507 e. The number of halogens is 2. The van der Waals surface area contributed by atoms with Crippen LogP contribution in [0.3, 0.4) is 0 Å². The van der Waals surface area contributed by atoms with E-state index in [9.17, 15) is 22.3 Å². The van der Waals surface area contributed by atoms with Crippen LogP contribution in [0.15, 0.2) is 59.5 Å². The summed E-state index contributed by atoms with van der Waals surface area (Å²) >= 11 is 0. The van der Waals surface area contributed by atoms with Crippen LogP contribution in [0.5, 0.6) is 5.75 Å². The molecule has 0 amide bonds. The topological polar surface area (TPSA) is 62.0 Å². The van der Waals surface area contributed by atoms with Crippen LogP contribution in [0.2, 0.25) is 0 Å². The maximum absolute atomic E-state index is 14.0. The smallest absolute Gasteiger partial charge is 0.246 e. The lowest BCUT2D eigenvalue weighted by molar-refractivity contribution is -0.917. The number of nitrogens with zero attached hydrogens (tertiary/aromatic N) is 1. The van der Waals surface area contributed by atoms with Crippen molar-refractivity contribution in [3.8, 4) is 5.75 Å². The highest BCUT2D eigenvalue weighted by atomic mass is 32.2. The van der Waals surface area contributed by atoms with E-state index in [2.05, 4.69) is 0 Å². The van der Waals surface area contributed by atoms with Crippen LogP contribution in [-0.2, 0) is 16.6 Å². The normalized spacial score (nSPS) is 16.3. The molecule has 0 radical (unpaired) electrons. The van der Waals surface area contributed by atoms with E-state index in [0.29, 0.717) is 25.7 Å². The lowest BCUT2D eigenvalue weighted by Gasteiger charge is -2.32. The molecule has 0 unspecified atom stereocenters. The highest BCUT2D eigenvalue weighted by molar-refractivity contribution is 7.89. The van der Waals surface area contributed by atoms with Crippen molar-refractivity contribution in [3.05, 3.63) is 71.8 Å². The molecule has 0 bridgehead atoms. The first-order valence-corrected chi connectivity index (χ1v) is 10.8. The van der Waals surface area contributed by atoms with Gasteiger partial charge in [-0.1, -0.05) is 30.3 Å². The van der Waals surface area contributed by atoms with E-state index in [0.717, 1.165) is 33.4 Å². The average Bonchev–Trinajstić information content (AvgIpc) is 2.70. The van der Waals surface area contributed by atoms with Gasteiger partial charge in [-0.3, -0.25) is 0 Å². The number of rotatable bonds is 4. The van der Waals surface area contributed by atoms with Crippen molar-refractivity contribution >= 4 is 20.8 Å². The van der Waals surface area contributed by atoms with E-state index in [1.54, 1.807) is 6.07 Å². The third-order valence-electron chi connectivity index (χ3n) is 5.38. The van der Waals surface area contributed by atoms with Crippen LogP contribution in [0.25, 0.3) is 10.8 Å². The summed E-state index contributed by atoms with van der Waals surface area (Å²) in [7, 11) is -4.02. The quantitative estimate of drug-likeness (QED) is 0.679. The van der Waals surface area contributed by atoms with Crippen molar-refractivity contribution in [2.24, 2.45) is 0 Å². The molecule has 0 atom stereocenters. The standard InChI is InChI=1S/C21H20F2N2O3S/c22-16-6-8-21(19(23)13-16)29(27,28)25-11-9-24(10-12-25)14-18-17-4-2-1-3-15(17)5-7-20(18)26/h1-8,13,26H,9-12,14H2/p+1. The fraction of sp³-hybridized carbons (Fsp3) is 0.238. The summed E-state index contributed by atoms with van der Waals surface area (Å²) in [6.07, 6.45) is 0. The van der Waals surface area contributed by atoms with Gasteiger partial charge in [-0.05, 0) is 29.0 Å². The SMILES string of the molecule is O=S(=O)(c1ccc(F)cc1F)N1CC[NH+](Cc2c(O)ccc3ccccc23)CC1. The highest BCUT2D eigenvalue weighted by Gasteiger charge is 2.32. The number of quaternary nitrogens is 1. The van der Waals surface area contributed by atoms with Gasteiger partial charge in [0.1, 0.15) is 28.8 Å². The minimum absolute atomic E-state index is 0.222. The molecule has 152 valence electrons. The molecule has 1 aliphatic heterocycles. The Kier molecular flexibility index (Phi) is 5.24. The Morgan fingerprint density at radius 2 is 1.72 bits per heavy atom. The van der Waals surface area contributed by atoms with Gasteiger partial charge in [0, 0.05) is 6.07 Å². The molecular weight excluding hydrogens is 398 g/mol. The summed E-state index contributed by atoms with van der Waals surface area (Å²) in [5.41, 5.74) is 0.832. The van der Waals surface area contributed by atoms with Crippen molar-refractivity contribution in [2.75, 3.05) is 26.2 Å². The highest BCUT2D eigenvalue weighted by Crippen LogP contribution is 2.26. The first kappa shape index (κ1) is 19.8. The maximum Gasteiger partial charge on any atom is 0.246 e. The summed E-state index contributed by atoms with van der Waals surface area (Å²) in [5.74, 6) is -1.68. The first-order valence-electron chi connectivity index (χ1n) is 9.34. The minimum atomic E-state index is -4.02. The molecule has 1 fully saturated rings. The number of nitrogens with one attached hydrogen (secondary N) is 1. The van der Waals surface area contributed by atoms with E-state index >= 15 is 0 Å².